The largest absolute Gasteiger partial charge is 0.478 e. The maximum atomic E-state index is 5.75. The third-order valence-electron chi connectivity index (χ3n) is 3.79. The second-order valence-electron chi connectivity index (χ2n) is 5.35. The van der Waals surface area contributed by atoms with Gasteiger partial charge in [-0.2, -0.15) is 4.98 Å². The fourth-order valence-electron chi connectivity index (χ4n) is 2.54. The van der Waals surface area contributed by atoms with Crippen molar-refractivity contribution in [1.29, 1.82) is 0 Å². The molecular formula is C20H20N2O2. The summed E-state index contributed by atoms with van der Waals surface area (Å²) in [4.78, 5) is 8.37. The number of nitrogens with zero attached hydrogens (tertiary/aromatic N) is 2. The van der Waals surface area contributed by atoms with Crippen LogP contribution >= 0.6 is 0 Å². The number of aromatic nitrogens is 2. The molecule has 0 aliphatic heterocycles. The average Bonchev–Trinajstić information content (AvgIpc) is 2.62. The topological polar surface area (TPSA) is 44.2 Å². The Hall–Kier alpha value is -2.88. The molecule has 1 heterocycles. The number of hydrogen-bond donors (Lipinski definition) is 0. The van der Waals surface area contributed by atoms with Crippen molar-refractivity contribution in [1.82, 2.24) is 9.97 Å². The molecular weight excluding hydrogens is 300 g/mol. The lowest BCUT2D eigenvalue weighted by Gasteiger charge is -2.12. The minimum absolute atomic E-state index is 0.325. The van der Waals surface area contributed by atoms with Gasteiger partial charge in [0.25, 0.3) is 0 Å². The van der Waals surface area contributed by atoms with E-state index in [0.29, 0.717) is 25.1 Å². The molecule has 122 valence electrons. The summed E-state index contributed by atoms with van der Waals surface area (Å²) in [6.07, 6.45) is 1.64. The zero-order valence-electron chi connectivity index (χ0n) is 13.9. The Morgan fingerprint density at radius 1 is 0.917 bits per heavy atom. The van der Waals surface area contributed by atoms with Crippen molar-refractivity contribution in [2.75, 3.05) is 6.61 Å². The summed E-state index contributed by atoms with van der Waals surface area (Å²) in [7, 11) is 0. The van der Waals surface area contributed by atoms with Crippen LogP contribution in [0, 0.1) is 6.92 Å². The Labute approximate surface area is 142 Å². The van der Waals surface area contributed by atoms with E-state index in [4.69, 9.17) is 9.47 Å². The lowest BCUT2D eigenvalue weighted by molar-refractivity contribution is 0.266. The molecule has 0 amide bonds. The summed E-state index contributed by atoms with van der Waals surface area (Å²) < 4.78 is 11.1. The minimum Gasteiger partial charge on any atom is -0.478 e. The highest BCUT2D eigenvalue weighted by Gasteiger charge is 2.08. The van der Waals surface area contributed by atoms with Crippen LogP contribution < -0.4 is 9.47 Å². The lowest BCUT2D eigenvalue weighted by Crippen LogP contribution is -2.03. The van der Waals surface area contributed by atoms with Crippen LogP contribution in [0.15, 0.2) is 60.8 Å². The van der Waals surface area contributed by atoms with Crippen LogP contribution in [0.2, 0.25) is 0 Å². The third-order valence-corrected chi connectivity index (χ3v) is 3.79. The van der Waals surface area contributed by atoms with Crippen molar-refractivity contribution in [2.24, 2.45) is 0 Å². The van der Waals surface area contributed by atoms with Gasteiger partial charge in [0, 0.05) is 12.3 Å². The van der Waals surface area contributed by atoms with Gasteiger partial charge in [-0.1, -0.05) is 48.5 Å². The van der Waals surface area contributed by atoms with Crippen molar-refractivity contribution in [3.63, 3.8) is 0 Å². The first-order valence-electron chi connectivity index (χ1n) is 8.00. The van der Waals surface area contributed by atoms with E-state index >= 15 is 0 Å². The normalized spacial score (nSPS) is 10.4. The summed E-state index contributed by atoms with van der Waals surface area (Å²) in [5, 5.41) is 0. The predicted octanol–water partition coefficient (Wildman–Crippen LogP) is 4.43. The highest BCUT2D eigenvalue weighted by atomic mass is 16.5. The van der Waals surface area contributed by atoms with Gasteiger partial charge in [0.05, 0.1) is 6.61 Å². The van der Waals surface area contributed by atoms with Crippen molar-refractivity contribution < 1.29 is 9.47 Å². The Morgan fingerprint density at radius 3 is 2.54 bits per heavy atom. The fraction of sp³-hybridized carbons (Fsp3) is 0.200. The van der Waals surface area contributed by atoms with Crippen molar-refractivity contribution in [3.05, 3.63) is 71.9 Å². The van der Waals surface area contributed by atoms with E-state index < -0.39 is 0 Å². The van der Waals surface area contributed by atoms with E-state index in [9.17, 15) is 0 Å². The zero-order valence-corrected chi connectivity index (χ0v) is 13.9. The van der Waals surface area contributed by atoms with Gasteiger partial charge in [0.1, 0.15) is 6.61 Å². The molecule has 1 aromatic heterocycles. The van der Waals surface area contributed by atoms with Gasteiger partial charge in [-0.3, -0.25) is 0 Å². The number of hydrogen-bond acceptors (Lipinski definition) is 4. The van der Waals surface area contributed by atoms with Crippen LogP contribution in [-0.4, -0.2) is 16.6 Å². The molecule has 0 spiro atoms. The van der Waals surface area contributed by atoms with Gasteiger partial charge in [0.2, 0.25) is 5.88 Å². The van der Waals surface area contributed by atoms with E-state index in [2.05, 4.69) is 41.2 Å². The van der Waals surface area contributed by atoms with Gasteiger partial charge >= 0.3 is 6.01 Å². The Kier molecular flexibility index (Phi) is 5.06. The summed E-state index contributed by atoms with van der Waals surface area (Å²) >= 11 is 0. The highest BCUT2D eigenvalue weighted by Crippen LogP contribution is 2.26. The SMILES string of the molecule is CCOc1ccnc(OCc2cccc(-c3ccccc3)c2C)n1. The Bertz CT molecular complexity index is 804. The molecule has 0 saturated heterocycles. The summed E-state index contributed by atoms with van der Waals surface area (Å²) in [6.45, 7) is 5.01. The smallest absolute Gasteiger partial charge is 0.320 e. The highest BCUT2D eigenvalue weighted by molar-refractivity contribution is 5.68. The molecule has 0 bridgehead atoms. The van der Waals surface area contributed by atoms with E-state index in [1.165, 1.54) is 16.7 Å². The van der Waals surface area contributed by atoms with Crippen LogP contribution in [0.25, 0.3) is 11.1 Å². The molecule has 0 aliphatic carbocycles. The maximum Gasteiger partial charge on any atom is 0.320 e. The van der Waals surface area contributed by atoms with Crippen LogP contribution in [0.1, 0.15) is 18.1 Å². The molecule has 2 aromatic carbocycles. The summed E-state index contributed by atoms with van der Waals surface area (Å²) in [5.41, 5.74) is 4.72. The Balaban J connectivity index is 1.78. The van der Waals surface area contributed by atoms with E-state index in [0.717, 1.165) is 5.56 Å². The molecule has 0 aliphatic rings. The van der Waals surface area contributed by atoms with Crippen LogP contribution in [0.3, 0.4) is 0 Å². The van der Waals surface area contributed by atoms with Crippen molar-refractivity contribution in [2.45, 2.75) is 20.5 Å². The van der Waals surface area contributed by atoms with Crippen molar-refractivity contribution >= 4 is 0 Å². The fourth-order valence-corrected chi connectivity index (χ4v) is 2.54. The number of benzene rings is 2. The first-order chi connectivity index (χ1) is 11.8. The zero-order chi connectivity index (χ0) is 16.8. The van der Waals surface area contributed by atoms with E-state index in [1.54, 1.807) is 12.3 Å². The van der Waals surface area contributed by atoms with Crippen molar-refractivity contribution in [3.8, 4) is 23.0 Å². The standard InChI is InChI=1S/C20H20N2O2/c1-3-23-19-12-13-21-20(22-19)24-14-17-10-7-11-18(15(17)2)16-8-5-4-6-9-16/h4-13H,3,14H2,1-2H3. The minimum atomic E-state index is 0.325. The molecule has 24 heavy (non-hydrogen) atoms. The third kappa shape index (κ3) is 3.71. The number of ether oxygens (including phenoxy) is 2. The van der Waals surface area contributed by atoms with Gasteiger partial charge in [0.15, 0.2) is 0 Å². The molecule has 0 radical (unpaired) electrons. The van der Waals surface area contributed by atoms with Gasteiger partial charge in [-0.15, -0.1) is 0 Å². The first-order valence-corrected chi connectivity index (χ1v) is 8.00. The van der Waals surface area contributed by atoms with Gasteiger partial charge in [-0.25, -0.2) is 4.98 Å². The maximum absolute atomic E-state index is 5.75. The number of rotatable bonds is 6. The molecule has 4 nitrogen and oxygen atoms in total. The second-order valence-corrected chi connectivity index (χ2v) is 5.35. The Morgan fingerprint density at radius 2 is 1.75 bits per heavy atom. The van der Waals surface area contributed by atoms with Gasteiger partial charge in [-0.05, 0) is 36.1 Å². The molecule has 0 atom stereocenters. The lowest BCUT2D eigenvalue weighted by atomic mass is 9.97. The molecule has 0 saturated carbocycles. The molecule has 0 unspecified atom stereocenters. The van der Waals surface area contributed by atoms with Crippen LogP contribution in [0.4, 0.5) is 0 Å². The monoisotopic (exact) mass is 320 g/mol. The molecule has 0 fully saturated rings. The quantitative estimate of drug-likeness (QED) is 0.674. The first kappa shape index (κ1) is 16.0. The predicted molar refractivity (Wildman–Crippen MR) is 94.1 cm³/mol. The van der Waals surface area contributed by atoms with Gasteiger partial charge < -0.3 is 9.47 Å². The molecule has 0 N–H and O–H groups in total. The van der Waals surface area contributed by atoms with E-state index in [1.807, 2.05) is 31.2 Å². The summed E-state index contributed by atoms with van der Waals surface area (Å²) in [6, 6.07) is 18.6. The molecule has 3 rings (SSSR count). The second kappa shape index (κ2) is 7.59. The molecule has 3 aromatic rings. The summed E-state index contributed by atoms with van der Waals surface area (Å²) in [5.74, 6) is 0.525. The van der Waals surface area contributed by atoms with E-state index in [-0.39, 0.29) is 0 Å². The molecule has 4 heteroatoms. The van der Waals surface area contributed by atoms with Crippen LogP contribution in [-0.2, 0) is 6.61 Å². The average molecular weight is 320 g/mol. The van der Waals surface area contributed by atoms with Crippen LogP contribution in [0.5, 0.6) is 11.9 Å².